The van der Waals surface area contributed by atoms with Gasteiger partial charge in [-0.1, -0.05) is 48.0 Å². The fourth-order valence-corrected chi connectivity index (χ4v) is 5.62. The number of aryl methyl sites for hydroxylation is 2. The van der Waals surface area contributed by atoms with Gasteiger partial charge in [0.2, 0.25) is 15.9 Å². The minimum Gasteiger partial charge on any atom is -0.349 e. The van der Waals surface area contributed by atoms with E-state index in [2.05, 4.69) is 31.3 Å². The molecule has 0 saturated carbocycles. The van der Waals surface area contributed by atoms with E-state index in [9.17, 15) is 13.2 Å². The number of halogens is 1. The summed E-state index contributed by atoms with van der Waals surface area (Å²) in [5.41, 5.74) is 4.10. The predicted molar refractivity (Wildman–Crippen MR) is 121 cm³/mol. The molecule has 1 saturated heterocycles. The summed E-state index contributed by atoms with van der Waals surface area (Å²) in [5, 5.41) is 3.54. The van der Waals surface area contributed by atoms with E-state index in [1.165, 1.54) is 15.4 Å². The van der Waals surface area contributed by atoms with Crippen LogP contribution in [0.4, 0.5) is 0 Å². The molecule has 5 nitrogen and oxygen atoms in total. The Morgan fingerprint density at radius 3 is 2.43 bits per heavy atom. The lowest BCUT2D eigenvalue weighted by Gasteiger charge is -2.31. The maximum Gasteiger partial charge on any atom is 0.223 e. The molecular weight excluding hydrogens is 420 g/mol. The van der Waals surface area contributed by atoms with Gasteiger partial charge in [-0.25, -0.2) is 12.7 Å². The normalized spacial score (nSPS) is 16.9. The summed E-state index contributed by atoms with van der Waals surface area (Å²) in [4.78, 5) is 12.7. The first-order valence-electron chi connectivity index (χ1n) is 10.3. The fraction of sp³-hybridized carbons (Fsp3) is 0.435. The molecule has 1 heterocycles. The standard InChI is InChI=1S/C23H29ClN2O3S/c1-16-8-9-20(14-17(16)2)18(3)25-23(27)19-10-12-26(13-11-19)30(28,29)15-21-6-4-5-7-22(21)24/h4-9,14,18-19H,10-13,15H2,1-3H3,(H,25,27)/t18-/m0/s1. The molecule has 0 spiro atoms. The molecule has 0 aliphatic carbocycles. The van der Waals surface area contributed by atoms with Crippen LogP contribution in [-0.2, 0) is 20.6 Å². The summed E-state index contributed by atoms with van der Waals surface area (Å²) in [5.74, 6) is -0.303. The highest BCUT2D eigenvalue weighted by Gasteiger charge is 2.32. The Morgan fingerprint density at radius 1 is 1.13 bits per heavy atom. The predicted octanol–water partition coefficient (Wildman–Crippen LogP) is 4.38. The SMILES string of the molecule is Cc1ccc([C@H](C)NC(=O)C2CCN(S(=O)(=O)Cc3ccccc3Cl)CC2)cc1C. The third kappa shape index (κ3) is 5.42. The largest absolute Gasteiger partial charge is 0.349 e. The molecule has 3 rings (SSSR count). The Kier molecular flexibility index (Phi) is 7.22. The Bertz CT molecular complexity index is 1010. The number of rotatable bonds is 6. The monoisotopic (exact) mass is 448 g/mol. The number of hydrogen-bond acceptors (Lipinski definition) is 3. The van der Waals surface area contributed by atoms with Gasteiger partial charge in [0.1, 0.15) is 0 Å². The molecule has 162 valence electrons. The molecule has 1 atom stereocenters. The van der Waals surface area contributed by atoms with E-state index >= 15 is 0 Å². The van der Waals surface area contributed by atoms with E-state index in [1.807, 2.05) is 13.0 Å². The highest BCUT2D eigenvalue weighted by atomic mass is 35.5. The fourth-order valence-electron chi connectivity index (χ4n) is 3.75. The Labute approximate surface area is 184 Å². The second-order valence-electron chi connectivity index (χ2n) is 8.09. The summed E-state index contributed by atoms with van der Waals surface area (Å²) in [6.07, 6.45) is 1.04. The van der Waals surface area contributed by atoms with Crippen molar-refractivity contribution in [1.29, 1.82) is 0 Å². The van der Waals surface area contributed by atoms with Crippen molar-refractivity contribution in [3.05, 3.63) is 69.7 Å². The number of sulfonamides is 1. The molecule has 0 bridgehead atoms. The molecule has 2 aromatic rings. The highest BCUT2D eigenvalue weighted by Crippen LogP contribution is 2.25. The minimum absolute atomic E-state index is 0.0103. The van der Waals surface area contributed by atoms with Crippen molar-refractivity contribution in [2.75, 3.05) is 13.1 Å². The van der Waals surface area contributed by atoms with Crippen molar-refractivity contribution in [3.63, 3.8) is 0 Å². The Hall–Kier alpha value is -1.89. The van der Waals surface area contributed by atoms with Gasteiger partial charge in [-0.3, -0.25) is 4.79 Å². The van der Waals surface area contributed by atoms with Gasteiger partial charge in [-0.05, 0) is 61.9 Å². The van der Waals surface area contributed by atoms with Crippen LogP contribution >= 0.6 is 11.6 Å². The summed E-state index contributed by atoms with van der Waals surface area (Å²) in [7, 11) is -3.47. The number of nitrogens with zero attached hydrogens (tertiary/aromatic N) is 1. The van der Waals surface area contributed by atoms with Gasteiger partial charge in [0, 0.05) is 24.0 Å². The van der Waals surface area contributed by atoms with Crippen LogP contribution in [-0.4, -0.2) is 31.7 Å². The molecule has 1 N–H and O–H groups in total. The quantitative estimate of drug-likeness (QED) is 0.713. The molecule has 1 aliphatic heterocycles. The smallest absolute Gasteiger partial charge is 0.223 e. The number of hydrogen-bond donors (Lipinski definition) is 1. The van der Waals surface area contributed by atoms with E-state index in [-0.39, 0.29) is 23.6 Å². The molecule has 1 amide bonds. The molecule has 0 aromatic heterocycles. The van der Waals surface area contributed by atoms with Crippen LogP contribution in [0.5, 0.6) is 0 Å². The number of nitrogens with one attached hydrogen (secondary N) is 1. The van der Waals surface area contributed by atoms with Gasteiger partial charge in [-0.15, -0.1) is 0 Å². The zero-order chi connectivity index (χ0) is 21.9. The van der Waals surface area contributed by atoms with Crippen LogP contribution < -0.4 is 5.32 Å². The highest BCUT2D eigenvalue weighted by molar-refractivity contribution is 7.88. The number of piperidine rings is 1. The number of carbonyl (C=O) groups is 1. The summed E-state index contributed by atoms with van der Waals surface area (Å²) >= 11 is 6.12. The van der Waals surface area contributed by atoms with E-state index < -0.39 is 10.0 Å². The van der Waals surface area contributed by atoms with E-state index in [0.717, 1.165) is 5.56 Å². The van der Waals surface area contributed by atoms with Crippen molar-refractivity contribution < 1.29 is 13.2 Å². The first-order chi connectivity index (χ1) is 14.2. The molecule has 2 aromatic carbocycles. The van der Waals surface area contributed by atoms with Crippen molar-refractivity contribution in [3.8, 4) is 0 Å². The van der Waals surface area contributed by atoms with Crippen molar-refractivity contribution in [2.45, 2.75) is 45.4 Å². The topological polar surface area (TPSA) is 66.5 Å². The molecule has 0 unspecified atom stereocenters. The van der Waals surface area contributed by atoms with E-state index in [0.29, 0.717) is 36.5 Å². The van der Waals surface area contributed by atoms with Crippen LogP contribution in [0, 0.1) is 19.8 Å². The third-order valence-electron chi connectivity index (χ3n) is 5.90. The van der Waals surface area contributed by atoms with Crippen LogP contribution in [0.25, 0.3) is 0 Å². The molecule has 0 radical (unpaired) electrons. The van der Waals surface area contributed by atoms with Crippen molar-refractivity contribution in [1.82, 2.24) is 9.62 Å². The molecule has 1 aliphatic rings. The van der Waals surface area contributed by atoms with Gasteiger partial charge in [-0.2, -0.15) is 0 Å². The Balaban J connectivity index is 1.56. The van der Waals surface area contributed by atoms with E-state index in [1.54, 1.807) is 24.3 Å². The van der Waals surface area contributed by atoms with Gasteiger partial charge in [0.25, 0.3) is 0 Å². The average molecular weight is 449 g/mol. The average Bonchev–Trinajstić information content (AvgIpc) is 2.71. The van der Waals surface area contributed by atoms with Gasteiger partial charge < -0.3 is 5.32 Å². The summed E-state index contributed by atoms with van der Waals surface area (Å²) in [6, 6.07) is 13.1. The van der Waals surface area contributed by atoms with Crippen LogP contribution in [0.15, 0.2) is 42.5 Å². The second-order valence-corrected chi connectivity index (χ2v) is 10.5. The lowest BCUT2D eigenvalue weighted by atomic mass is 9.96. The van der Waals surface area contributed by atoms with Crippen LogP contribution in [0.3, 0.4) is 0 Å². The van der Waals surface area contributed by atoms with E-state index in [4.69, 9.17) is 11.6 Å². The zero-order valence-electron chi connectivity index (χ0n) is 17.7. The minimum atomic E-state index is -3.47. The lowest BCUT2D eigenvalue weighted by Crippen LogP contribution is -2.43. The number of carbonyl (C=O) groups excluding carboxylic acids is 1. The van der Waals surface area contributed by atoms with Crippen LogP contribution in [0.2, 0.25) is 5.02 Å². The molecule has 30 heavy (non-hydrogen) atoms. The lowest BCUT2D eigenvalue weighted by molar-refractivity contribution is -0.126. The van der Waals surface area contributed by atoms with Crippen LogP contribution in [0.1, 0.15) is 48.1 Å². The molecular formula is C23H29ClN2O3S. The maximum atomic E-state index is 12.8. The molecule has 7 heteroatoms. The number of benzene rings is 2. The number of amides is 1. The summed E-state index contributed by atoms with van der Waals surface area (Å²) in [6.45, 7) is 6.80. The zero-order valence-corrected chi connectivity index (χ0v) is 19.3. The first-order valence-corrected chi connectivity index (χ1v) is 12.2. The van der Waals surface area contributed by atoms with Gasteiger partial charge in [0.15, 0.2) is 0 Å². The van der Waals surface area contributed by atoms with Gasteiger partial charge >= 0.3 is 0 Å². The molecule has 1 fully saturated rings. The summed E-state index contributed by atoms with van der Waals surface area (Å²) < 4.78 is 27.0. The first kappa shape index (κ1) is 22.8. The second kappa shape index (κ2) is 9.50. The van der Waals surface area contributed by atoms with Gasteiger partial charge in [0.05, 0.1) is 11.8 Å². The van der Waals surface area contributed by atoms with Crippen molar-refractivity contribution in [2.24, 2.45) is 5.92 Å². The Morgan fingerprint density at radius 2 is 1.80 bits per heavy atom. The third-order valence-corrected chi connectivity index (χ3v) is 8.10. The van der Waals surface area contributed by atoms with Crippen molar-refractivity contribution >= 4 is 27.5 Å². The maximum absolute atomic E-state index is 12.8.